The van der Waals surface area contributed by atoms with Crippen molar-refractivity contribution in [3.63, 3.8) is 0 Å². The SMILES string of the molecule is OCC(CCCc1ccccc1)Cc1ccccc1Cl. The summed E-state index contributed by atoms with van der Waals surface area (Å²) in [4.78, 5) is 0. The molecule has 0 bridgehead atoms. The summed E-state index contributed by atoms with van der Waals surface area (Å²) in [5, 5.41) is 10.3. The predicted octanol–water partition coefficient (Wildman–Crippen LogP) is 4.51. The van der Waals surface area contributed by atoms with Crippen LogP contribution in [-0.4, -0.2) is 11.7 Å². The summed E-state index contributed by atoms with van der Waals surface area (Å²) in [6, 6.07) is 18.4. The Hall–Kier alpha value is -1.31. The molecule has 2 heteroatoms. The summed E-state index contributed by atoms with van der Waals surface area (Å²) in [7, 11) is 0. The molecule has 2 aromatic rings. The molecule has 2 rings (SSSR count). The second-order valence-electron chi connectivity index (χ2n) is 5.22. The fourth-order valence-corrected chi connectivity index (χ4v) is 2.69. The Kier molecular flexibility index (Phi) is 6.10. The molecule has 2 aromatic carbocycles. The van der Waals surface area contributed by atoms with Gasteiger partial charge in [0.15, 0.2) is 0 Å². The van der Waals surface area contributed by atoms with Gasteiger partial charge in [-0.2, -0.15) is 0 Å². The first-order chi connectivity index (χ1) is 9.79. The molecule has 1 N–H and O–H groups in total. The number of benzene rings is 2. The molecule has 106 valence electrons. The average Bonchev–Trinajstić information content (AvgIpc) is 2.49. The van der Waals surface area contributed by atoms with Crippen LogP contribution in [0.3, 0.4) is 0 Å². The van der Waals surface area contributed by atoms with Crippen LogP contribution in [0.5, 0.6) is 0 Å². The first kappa shape index (κ1) is 15.1. The van der Waals surface area contributed by atoms with Crippen molar-refractivity contribution in [3.05, 3.63) is 70.7 Å². The van der Waals surface area contributed by atoms with Gasteiger partial charge in [-0.1, -0.05) is 60.1 Å². The molecule has 0 aromatic heterocycles. The molecule has 1 nitrogen and oxygen atoms in total. The van der Waals surface area contributed by atoms with Gasteiger partial charge in [0.2, 0.25) is 0 Å². The van der Waals surface area contributed by atoms with Crippen molar-refractivity contribution in [1.29, 1.82) is 0 Å². The second kappa shape index (κ2) is 8.08. The van der Waals surface area contributed by atoms with E-state index in [4.69, 9.17) is 11.6 Å². The Balaban J connectivity index is 1.82. The molecule has 0 aliphatic carbocycles. The standard InChI is InChI=1S/C18H21ClO/c19-18-12-5-4-11-17(18)13-16(14-20)10-6-9-15-7-2-1-3-8-15/h1-5,7-8,11-12,16,20H,6,9-10,13-14H2. The van der Waals surface area contributed by atoms with Gasteiger partial charge in [-0.3, -0.25) is 0 Å². The first-order valence-electron chi connectivity index (χ1n) is 7.18. The lowest BCUT2D eigenvalue weighted by molar-refractivity contribution is 0.216. The molecule has 0 aliphatic rings. The molecular formula is C18H21ClO. The van der Waals surface area contributed by atoms with Crippen LogP contribution in [0.25, 0.3) is 0 Å². The third kappa shape index (κ3) is 4.66. The topological polar surface area (TPSA) is 20.2 Å². The minimum Gasteiger partial charge on any atom is -0.396 e. The Bertz CT molecular complexity index is 510. The highest BCUT2D eigenvalue weighted by molar-refractivity contribution is 6.31. The van der Waals surface area contributed by atoms with Gasteiger partial charge in [0.1, 0.15) is 0 Å². The van der Waals surface area contributed by atoms with Crippen molar-refractivity contribution in [2.75, 3.05) is 6.61 Å². The highest BCUT2D eigenvalue weighted by Gasteiger charge is 2.10. The number of halogens is 1. The van der Waals surface area contributed by atoms with E-state index in [1.807, 2.05) is 30.3 Å². The number of aliphatic hydroxyl groups is 1. The van der Waals surface area contributed by atoms with E-state index in [2.05, 4.69) is 24.3 Å². The van der Waals surface area contributed by atoms with Gasteiger partial charge in [0.05, 0.1) is 0 Å². The molecule has 0 aliphatic heterocycles. The van der Waals surface area contributed by atoms with Crippen LogP contribution in [0, 0.1) is 5.92 Å². The zero-order valence-electron chi connectivity index (χ0n) is 11.6. The third-order valence-corrected chi connectivity index (χ3v) is 4.01. The van der Waals surface area contributed by atoms with Crippen molar-refractivity contribution >= 4 is 11.6 Å². The highest BCUT2D eigenvalue weighted by atomic mass is 35.5. The summed E-state index contributed by atoms with van der Waals surface area (Å²) in [5.41, 5.74) is 2.50. The molecule has 1 unspecified atom stereocenters. The molecule has 0 saturated carbocycles. The van der Waals surface area contributed by atoms with E-state index in [9.17, 15) is 5.11 Å². The van der Waals surface area contributed by atoms with Crippen LogP contribution in [0.1, 0.15) is 24.0 Å². The fraction of sp³-hybridized carbons (Fsp3) is 0.333. The van der Waals surface area contributed by atoms with Crippen LogP contribution in [0.2, 0.25) is 5.02 Å². The van der Waals surface area contributed by atoms with E-state index in [0.717, 1.165) is 36.3 Å². The number of aliphatic hydroxyl groups excluding tert-OH is 1. The van der Waals surface area contributed by atoms with Crippen molar-refractivity contribution < 1.29 is 5.11 Å². The number of aryl methyl sites for hydroxylation is 1. The van der Waals surface area contributed by atoms with Gasteiger partial charge in [0, 0.05) is 11.6 Å². The molecule has 0 amide bonds. The van der Waals surface area contributed by atoms with Crippen LogP contribution < -0.4 is 0 Å². The van der Waals surface area contributed by atoms with Crippen molar-refractivity contribution in [1.82, 2.24) is 0 Å². The van der Waals surface area contributed by atoms with Gasteiger partial charge in [0.25, 0.3) is 0 Å². The molecule has 20 heavy (non-hydrogen) atoms. The fourth-order valence-electron chi connectivity index (χ4n) is 2.47. The summed E-state index contributed by atoms with van der Waals surface area (Å²) in [6.07, 6.45) is 4.04. The lowest BCUT2D eigenvalue weighted by Crippen LogP contribution is -2.10. The van der Waals surface area contributed by atoms with E-state index in [1.165, 1.54) is 5.56 Å². The van der Waals surface area contributed by atoms with Crippen molar-refractivity contribution in [2.45, 2.75) is 25.7 Å². The summed E-state index contributed by atoms with van der Waals surface area (Å²) < 4.78 is 0. The van der Waals surface area contributed by atoms with Crippen LogP contribution in [0.4, 0.5) is 0 Å². The molecule has 0 heterocycles. The normalized spacial score (nSPS) is 12.3. The summed E-state index contributed by atoms with van der Waals surface area (Å²) in [5.74, 6) is 0.290. The molecule has 0 saturated heterocycles. The van der Waals surface area contributed by atoms with E-state index >= 15 is 0 Å². The predicted molar refractivity (Wildman–Crippen MR) is 85.1 cm³/mol. The lowest BCUT2D eigenvalue weighted by atomic mass is 9.94. The van der Waals surface area contributed by atoms with E-state index in [0.29, 0.717) is 5.92 Å². The quantitative estimate of drug-likeness (QED) is 0.794. The average molecular weight is 289 g/mol. The van der Waals surface area contributed by atoms with E-state index in [1.54, 1.807) is 0 Å². The number of hydrogen-bond donors (Lipinski definition) is 1. The summed E-state index contributed by atoms with van der Waals surface area (Å²) >= 11 is 6.17. The first-order valence-corrected chi connectivity index (χ1v) is 7.55. The molecular weight excluding hydrogens is 268 g/mol. The Morgan fingerprint density at radius 3 is 2.35 bits per heavy atom. The maximum Gasteiger partial charge on any atom is 0.0462 e. The van der Waals surface area contributed by atoms with Crippen LogP contribution in [-0.2, 0) is 12.8 Å². The maximum absolute atomic E-state index is 9.53. The maximum atomic E-state index is 9.53. The van der Waals surface area contributed by atoms with Crippen molar-refractivity contribution in [3.8, 4) is 0 Å². The monoisotopic (exact) mass is 288 g/mol. The van der Waals surface area contributed by atoms with Crippen LogP contribution in [0.15, 0.2) is 54.6 Å². The van der Waals surface area contributed by atoms with Crippen LogP contribution >= 0.6 is 11.6 Å². The minimum absolute atomic E-state index is 0.222. The van der Waals surface area contributed by atoms with E-state index < -0.39 is 0 Å². The summed E-state index contributed by atoms with van der Waals surface area (Å²) in [6.45, 7) is 0.222. The zero-order chi connectivity index (χ0) is 14.2. The molecule has 0 radical (unpaired) electrons. The molecule has 0 fully saturated rings. The number of hydrogen-bond acceptors (Lipinski definition) is 1. The smallest absolute Gasteiger partial charge is 0.0462 e. The largest absolute Gasteiger partial charge is 0.396 e. The second-order valence-corrected chi connectivity index (χ2v) is 5.63. The lowest BCUT2D eigenvalue weighted by Gasteiger charge is -2.15. The zero-order valence-corrected chi connectivity index (χ0v) is 12.4. The Morgan fingerprint density at radius 1 is 0.950 bits per heavy atom. The van der Waals surface area contributed by atoms with Crippen molar-refractivity contribution in [2.24, 2.45) is 5.92 Å². The van der Waals surface area contributed by atoms with Gasteiger partial charge in [-0.05, 0) is 48.8 Å². The molecule has 1 atom stereocenters. The van der Waals surface area contributed by atoms with Gasteiger partial charge < -0.3 is 5.11 Å². The third-order valence-electron chi connectivity index (χ3n) is 3.65. The Labute approximate surface area is 126 Å². The van der Waals surface area contributed by atoms with Gasteiger partial charge in [-0.15, -0.1) is 0 Å². The Morgan fingerprint density at radius 2 is 1.65 bits per heavy atom. The van der Waals surface area contributed by atoms with Gasteiger partial charge >= 0.3 is 0 Å². The highest BCUT2D eigenvalue weighted by Crippen LogP contribution is 2.21. The number of rotatable bonds is 7. The van der Waals surface area contributed by atoms with Gasteiger partial charge in [-0.25, -0.2) is 0 Å². The minimum atomic E-state index is 0.222. The molecule has 0 spiro atoms. The van der Waals surface area contributed by atoms with E-state index in [-0.39, 0.29) is 6.61 Å².